The lowest BCUT2D eigenvalue weighted by Crippen LogP contribution is -2.54. The summed E-state index contributed by atoms with van der Waals surface area (Å²) in [6, 6.07) is 0.330. The normalized spacial score (nSPS) is 27.6. The largest absolute Gasteiger partial charge is 0.382 e. The molecule has 0 spiro atoms. The standard InChI is InChI=1S/C12H17N5O/c13-10-5-14-6-11(16-10)17-4-3-9-8(7-17)1-2-12(18)15-9/h5-6,8-9H,1-4,7H2,(H2,13,16)(H,15,18). The highest BCUT2D eigenvalue weighted by Crippen LogP contribution is 2.27. The third kappa shape index (κ3) is 2.10. The molecule has 1 aromatic heterocycles. The van der Waals surface area contributed by atoms with E-state index in [1.807, 2.05) is 0 Å². The highest BCUT2D eigenvalue weighted by atomic mass is 16.1. The van der Waals surface area contributed by atoms with E-state index in [2.05, 4.69) is 20.2 Å². The van der Waals surface area contributed by atoms with Crippen molar-refractivity contribution in [3.05, 3.63) is 12.4 Å². The van der Waals surface area contributed by atoms with Gasteiger partial charge >= 0.3 is 0 Å². The van der Waals surface area contributed by atoms with E-state index in [-0.39, 0.29) is 5.91 Å². The van der Waals surface area contributed by atoms with Crippen molar-refractivity contribution in [1.29, 1.82) is 0 Å². The number of aromatic nitrogens is 2. The number of carbonyl (C=O) groups is 1. The van der Waals surface area contributed by atoms with Gasteiger partial charge in [0.2, 0.25) is 5.91 Å². The first-order valence-electron chi connectivity index (χ1n) is 6.34. The van der Waals surface area contributed by atoms with Crippen LogP contribution in [-0.4, -0.2) is 35.0 Å². The first-order chi connectivity index (χ1) is 8.72. The van der Waals surface area contributed by atoms with Crippen LogP contribution in [0.1, 0.15) is 19.3 Å². The van der Waals surface area contributed by atoms with E-state index < -0.39 is 0 Å². The predicted molar refractivity (Wildman–Crippen MR) is 67.9 cm³/mol. The molecular weight excluding hydrogens is 230 g/mol. The van der Waals surface area contributed by atoms with Crippen LogP contribution in [0, 0.1) is 5.92 Å². The zero-order valence-corrected chi connectivity index (χ0v) is 10.2. The van der Waals surface area contributed by atoms with Crippen LogP contribution in [0.15, 0.2) is 12.4 Å². The number of amides is 1. The van der Waals surface area contributed by atoms with Gasteiger partial charge in [-0.1, -0.05) is 0 Å². The summed E-state index contributed by atoms with van der Waals surface area (Å²) in [5, 5.41) is 3.08. The van der Waals surface area contributed by atoms with Crippen LogP contribution in [0.4, 0.5) is 11.6 Å². The number of nitrogens with zero attached hydrogens (tertiary/aromatic N) is 3. The van der Waals surface area contributed by atoms with Crippen LogP contribution < -0.4 is 16.0 Å². The lowest BCUT2D eigenvalue weighted by atomic mass is 9.85. The number of fused-ring (bicyclic) bond motifs is 1. The maximum Gasteiger partial charge on any atom is 0.220 e. The van der Waals surface area contributed by atoms with Crippen LogP contribution in [0.5, 0.6) is 0 Å². The zero-order chi connectivity index (χ0) is 12.5. The summed E-state index contributed by atoms with van der Waals surface area (Å²) >= 11 is 0. The molecule has 3 heterocycles. The summed E-state index contributed by atoms with van der Waals surface area (Å²) in [4.78, 5) is 21.9. The molecule has 2 unspecified atom stereocenters. The van der Waals surface area contributed by atoms with E-state index in [1.54, 1.807) is 12.4 Å². The summed E-state index contributed by atoms with van der Waals surface area (Å²) < 4.78 is 0. The number of nitrogens with one attached hydrogen (secondary N) is 1. The molecule has 2 aliphatic heterocycles. The van der Waals surface area contributed by atoms with Crippen molar-refractivity contribution >= 4 is 17.5 Å². The average Bonchev–Trinajstić information content (AvgIpc) is 2.38. The van der Waals surface area contributed by atoms with Crippen molar-refractivity contribution in [1.82, 2.24) is 15.3 Å². The number of nitrogens with two attached hydrogens (primary N) is 1. The van der Waals surface area contributed by atoms with Crippen molar-refractivity contribution in [3.8, 4) is 0 Å². The molecule has 2 saturated heterocycles. The number of rotatable bonds is 1. The molecule has 0 saturated carbocycles. The molecule has 3 N–H and O–H groups in total. The summed E-state index contributed by atoms with van der Waals surface area (Å²) in [7, 11) is 0. The number of piperidine rings is 2. The van der Waals surface area contributed by atoms with Gasteiger partial charge in [0.05, 0.1) is 12.4 Å². The van der Waals surface area contributed by atoms with Crippen molar-refractivity contribution in [3.63, 3.8) is 0 Å². The van der Waals surface area contributed by atoms with Gasteiger partial charge in [0, 0.05) is 25.6 Å². The summed E-state index contributed by atoms with van der Waals surface area (Å²) in [5.74, 6) is 1.99. The molecule has 18 heavy (non-hydrogen) atoms. The summed E-state index contributed by atoms with van der Waals surface area (Å²) in [6.07, 6.45) is 5.86. The number of hydrogen-bond acceptors (Lipinski definition) is 5. The molecule has 0 bridgehead atoms. The van der Waals surface area contributed by atoms with Crippen molar-refractivity contribution in [2.24, 2.45) is 5.92 Å². The molecule has 2 fully saturated rings. The Morgan fingerprint density at radius 2 is 2.28 bits per heavy atom. The second kappa shape index (κ2) is 4.44. The Kier molecular flexibility index (Phi) is 2.77. The number of nitrogen functional groups attached to an aromatic ring is 1. The smallest absolute Gasteiger partial charge is 0.220 e. The van der Waals surface area contributed by atoms with E-state index >= 15 is 0 Å². The van der Waals surface area contributed by atoms with Gasteiger partial charge in [-0.25, -0.2) is 4.98 Å². The second-order valence-electron chi connectivity index (χ2n) is 5.01. The van der Waals surface area contributed by atoms with Crippen LogP contribution in [-0.2, 0) is 4.79 Å². The summed E-state index contributed by atoms with van der Waals surface area (Å²) in [6.45, 7) is 1.81. The van der Waals surface area contributed by atoms with Crippen molar-refractivity contribution in [2.75, 3.05) is 23.7 Å². The maximum atomic E-state index is 11.4. The minimum Gasteiger partial charge on any atom is -0.382 e. The van der Waals surface area contributed by atoms with Gasteiger partial charge in [-0.2, -0.15) is 0 Å². The first-order valence-corrected chi connectivity index (χ1v) is 6.34. The van der Waals surface area contributed by atoms with Gasteiger partial charge in [-0.15, -0.1) is 0 Å². The fourth-order valence-electron chi connectivity index (χ4n) is 2.84. The molecule has 0 radical (unpaired) electrons. The lowest BCUT2D eigenvalue weighted by molar-refractivity contribution is -0.124. The van der Waals surface area contributed by atoms with Crippen LogP contribution in [0.25, 0.3) is 0 Å². The van der Waals surface area contributed by atoms with Gasteiger partial charge in [0.15, 0.2) is 0 Å². The van der Waals surface area contributed by atoms with E-state index in [0.717, 1.165) is 31.7 Å². The number of anilines is 2. The molecule has 6 heteroatoms. The molecule has 1 aromatic rings. The minimum absolute atomic E-state index is 0.188. The highest BCUT2D eigenvalue weighted by Gasteiger charge is 2.34. The predicted octanol–water partition coefficient (Wildman–Crippen LogP) is 0.164. The van der Waals surface area contributed by atoms with Crippen LogP contribution in [0.2, 0.25) is 0 Å². The molecule has 0 aromatic carbocycles. The van der Waals surface area contributed by atoms with Gasteiger partial charge in [0.1, 0.15) is 11.6 Å². The van der Waals surface area contributed by atoms with Crippen LogP contribution >= 0.6 is 0 Å². The van der Waals surface area contributed by atoms with Crippen molar-refractivity contribution < 1.29 is 4.79 Å². The number of carbonyl (C=O) groups excluding carboxylic acids is 1. The van der Waals surface area contributed by atoms with E-state index in [4.69, 9.17) is 5.73 Å². The third-order valence-corrected chi connectivity index (χ3v) is 3.79. The SMILES string of the molecule is Nc1cncc(N2CCC3NC(=O)CCC3C2)n1. The molecule has 2 atom stereocenters. The molecule has 0 aliphatic carbocycles. The highest BCUT2D eigenvalue weighted by molar-refractivity contribution is 5.77. The molecule has 6 nitrogen and oxygen atoms in total. The van der Waals surface area contributed by atoms with Crippen LogP contribution in [0.3, 0.4) is 0 Å². The molecule has 1 amide bonds. The lowest BCUT2D eigenvalue weighted by Gasteiger charge is -2.41. The van der Waals surface area contributed by atoms with E-state index in [1.165, 1.54) is 0 Å². The van der Waals surface area contributed by atoms with Gasteiger partial charge in [-0.05, 0) is 18.8 Å². The Morgan fingerprint density at radius 3 is 3.11 bits per heavy atom. The number of hydrogen-bond donors (Lipinski definition) is 2. The van der Waals surface area contributed by atoms with Gasteiger partial charge in [-0.3, -0.25) is 9.78 Å². The van der Waals surface area contributed by atoms with E-state index in [9.17, 15) is 4.79 Å². The second-order valence-corrected chi connectivity index (χ2v) is 5.01. The minimum atomic E-state index is 0.188. The van der Waals surface area contributed by atoms with Gasteiger partial charge < -0.3 is 16.0 Å². The maximum absolute atomic E-state index is 11.4. The first kappa shape index (κ1) is 11.3. The van der Waals surface area contributed by atoms with Gasteiger partial charge in [0.25, 0.3) is 0 Å². The Bertz CT molecular complexity index is 464. The Hall–Kier alpha value is -1.85. The Labute approximate surface area is 106 Å². The fraction of sp³-hybridized carbons (Fsp3) is 0.583. The van der Waals surface area contributed by atoms with E-state index in [0.29, 0.717) is 24.2 Å². The quantitative estimate of drug-likeness (QED) is 0.738. The van der Waals surface area contributed by atoms with Crippen molar-refractivity contribution in [2.45, 2.75) is 25.3 Å². The molecule has 96 valence electrons. The third-order valence-electron chi connectivity index (χ3n) is 3.79. The summed E-state index contributed by atoms with van der Waals surface area (Å²) in [5.41, 5.74) is 5.66. The Balaban J connectivity index is 1.72. The average molecular weight is 247 g/mol. The fourth-order valence-corrected chi connectivity index (χ4v) is 2.84. The molecule has 2 aliphatic rings. The topological polar surface area (TPSA) is 84.1 Å². The molecular formula is C12H17N5O. The zero-order valence-electron chi connectivity index (χ0n) is 10.2. The Morgan fingerprint density at radius 1 is 1.39 bits per heavy atom. The monoisotopic (exact) mass is 247 g/mol. The molecule has 3 rings (SSSR count).